The summed E-state index contributed by atoms with van der Waals surface area (Å²) in [5, 5.41) is 0.883. The van der Waals surface area contributed by atoms with E-state index in [1.54, 1.807) is 6.92 Å². The second-order valence-corrected chi connectivity index (χ2v) is 3.49. The first kappa shape index (κ1) is 9.15. The Morgan fingerprint density at radius 2 is 2.25 bits per heavy atom. The lowest BCUT2D eigenvalue weighted by Crippen LogP contribution is -2.21. The highest BCUT2D eigenvalue weighted by Crippen LogP contribution is 2.16. The minimum atomic E-state index is -0.236. The summed E-state index contributed by atoms with van der Waals surface area (Å²) in [5.74, 6) is -0.236. The van der Waals surface area contributed by atoms with E-state index in [9.17, 15) is 4.79 Å². The molecule has 1 amide bonds. The molecule has 0 bridgehead atoms. The highest BCUT2D eigenvalue weighted by molar-refractivity contribution is 7.13. The maximum Gasteiger partial charge on any atom is 0.286 e. The lowest BCUT2D eigenvalue weighted by atomic mass is 10.4. The molecule has 1 heterocycles. The number of amides is 1. The largest absolute Gasteiger partial charge is 0.286 e. The van der Waals surface area contributed by atoms with Crippen molar-refractivity contribution in [2.75, 3.05) is 7.11 Å². The van der Waals surface area contributed by atoms with Gasteiger partial charge in [0, 0.05) is 0 Å². The number of rotatable bonds is 2. The summed E-state index contributed by atoms with van der Waals surface area (Å²) >= 11 is 1.36. The maximum absolute atomic E-state index is 11.2. The van der Waals surface area contributed by atoms with Gasteiger partial charge in [-0.2, -0.15) is 0 Å². The Morgan fingerprint density at radius 1 is 1.58 bits per heavy atom. The Hall–Kier alpha value is -0.940. The van der Waals surface area contributed by atoms with Crippen molar-refractivity contribution < 1.29 is 9.63 Å². The van der Waals surface area contributed by atoms with Crippen LogP contribution in [0, 0.1) is 13.8 Å². The van der Waals surface area contributed by atoms with Crippen LogP contribution in [0.2, 0.25) is 0 Å². The van der Waals surface area contributed by atoms with Gasteiger partial charge in [-0.1, -0.05) is 0 Å². The minimum absolute atomic E-state index is 0.236. The summed E-state index contributed by atoms with van der Waals surface area (Å²) < 4.78 is 0. The van der Waals surface area contributed by atoms with Gasteiger partial charge in [0.25, 0.3) is 5.91 Å². The van der Waals surface area contributed by atoms with Crippen LogP contribution in [0.5, 0.6) is 0 Å². The van der Waals surface area contributed by atoms with E-state index in [0.717, 1.165) is 10.7 Å². The summed E-state index contributed by atoms with van der Waals surface area (Å²) in [7, 11) is 1.40. The summed E-state index contributed by atoms with van der Waals surface area (Å²) in [6.07, 6.45) is 0. The van der Waals surface area contributed by atoms with Gasteiger partial charge in [0.1, 0.15) is 4.88 Å². The highest BCUT2D eigenvalue weighted by Gasteiger charge is 2.12. The summed E-state index contributed by atoms with van der Waals surface area (Å²) in [4.78, 5) is 20.4. The Kier molecular flexibility index (Phi) is 2.78. The van der Waals surface area contributed by atoms with Crippen LogP contribution >= 0.6 is 11.3 Å². The first-order chi connectivity index (χ1) is 5.65. The van der Waals surface area contributed by atoms with Crippen molar-refractivity contribution in [3.05, 3.63) is 15.6 Å². The fourth-order valence-corrected chi connectivity index (χ4v) is 1.69. The summed E-state index contributed by atoms with van der Waals surface area (Å²) in [6, 6.07) is 0. The van der Waals surface area contributed by atoms with Crippen molar-refractivity contribution in [3.8, 4) is 0 Å². The Labute approximate surface area is 74.5 Å². The van der Waals surface area contributed by atoms with Crippen molar-refractivity contribution in [2.45, 2.75) is 13.8 Å². The molecule has 12 heavy (non-hydrogen) atoms. The third-order valence-corrected chi connectivity index (χ3v) is 2.38. The van der Waals surface area contributed by atoms with Crippen LogP contribution in [0.1, 0.15) is 20.4 Å². The third-order valence-electron chi connectivity index (χ3n) is 1.30. The third kappa shape index (κ3) is 1.80. The SMILES string of the molecule is CONC(=O)c1sc(C)nc1C. The smallest absolute Gasteiger partial charge is 0.277 e. The summed E-state index contributed by atoms with van der Waals surface area (Å²) in [6.45, 7) is 3.66. The standard InChI is InChI=1S/C7H10N2O2S/c1-4-6(7(10)9-11-3)12-5(2)8-4/h1-3H3,(H,9,10). The molecule has 0 aliphatic carbocycles. The van der Waals surface area contributed by atoms with E-state index >= 15 is 0 Å². The fourth-order valence-electron chi connectivity index (χ4n) is 0.881. The molecule has 0 saturated carbocycles. The number of hydrogen-bond acceptors (Lipinski definition) is 4. The van der Waals surface area contributed by atoms with E-state index in [2.05, 4.69) is 15.3 Å². The van der Waals surface area contributed by atoms with Crippen molar-refractivity contribution in [1.82, 2.24) is 10.5 Å². The second kappa shape index (κ2) is 3.64. The molecule has 0 aromatic carbocycles. The van der Waals surface area contributed by atoms with Crippen LogP contribution in [-0.4, -0.2) is 18.0 Å². The van der Waals surface area contributed by atoms with Gasteiger partial charge >= 0.3 is 0 Å². The number of thiazole rings is 1. The summed E-state index contributed by atoms with van der Waals surface area (Å²) in [5.41, 5.74) is 2.99. The molecule has 0 aliphatic heterocycles. The van der Waals surface area contributed by atoms with Gasteiger partial charge in [-0.25, -0.2) is 10.5 Å². The number of carbonyl (C=O) groups is 1. The number of nitrogens with zero attached hydrogens (tertiary/aromatic N) is 1. The van der Waals surface area contributed by atoms with Crippen LogP contribution in [-0.2, 0) is 4.84 Å². The molecule has 0 saturated heterocycles. The molecule has 1 rings (SSSR count). The Morgan fingerprint density at radius 3 is 2.67 bits per heavy atom. The first-order valence-electron chi connectivity index (χ1n) is 3.42. The predicted octanol–water partition coefficient (Wildman–Crippen LogP) is 1.05. The zero-order chi connectivity index (χ0) is 9.14. The van der Waals surface area contributed by atoms with Gasteiger partial charge < -0.3 is 0 Å². The van der Waals surface area contributed by atoms with Gasteiger partial charge in [-0.15, -0.1) is 11.3 Å². The average molecular weight is 186 g/mol. The van der Waals surface area contributed by atoms with Gasteiger partial charge in [0.15, 0.2) is 0 Å². The lowest BCUT2D eigenvalue weighted by Gasteiger charge is -1.97. The van der Waals surface area contributed by atoms with Crippen LogP contribution in [0.3, 0.4) is 0 Å². The van der Waals surface area contributed by atoms with Gasteiger partial charge in [-0.3, -0.25) is 9.63 Å². The van der Waals surface area contributed by atoms with E-state index in [0.29, 0.717) is 4.88 Å². The van der Waals surface area contributed by atoms with Gasteiger partial charge in [0.05, 0.1) is 17.8 Å². The zero-order valence-electron chi connectivity index (χ0n) is 7.17. The Bertz CT molecular complexity index is 296. The first-order valence-corrected chi connectivity index (χ1v) is 4.24. The molecule has 66 valence electrons. The molecule has 0 unspecified atom stereocenters. The Balaban J connectivity index is 2.87. The van der Waals surface area contributed by atoms with Crippen LogP contribution < -0.4 is 5.48 Å². The maximum atomic E-state index is 11.2. The number of carbonyl (C=O) groups excluding carboxylic acids is 1. The zero-order valence-corrected chi connectivity index (χ0v) is 7.99. The van der Waals surface area contributed by atoms with Crippen molar-refractivity contribution in [3.63, 3.8) is 0 Å². The molecule has 0 aliphatic rings. The molecule has 1 aromatic rings. The minimum Gasteiger partial charge on any atom is -0.277 e. The molecule has 0 atom stereocenters. The van der Waals surface area contributed by atoms with Crippen LogP contribution in [0.15, 0.2) is 0 Å². The highest BCUT2D eigenvalue weighted by atomic mass is 32.1. The number of aromatic nitrogens is 1. The van der Waals surface area contributed by atoms with Crippen molar-refractivity contribution in [2.24, 2.45) is 0 Å². The second-order valence-electron chi connectivity index (χ2n) is 2.28. The molecule has 1 aromatic heterocycles. The number of aryl methyl sites for hydroxylation is 2. The lowest BCUT2D eigenvalue weighted by molar-refractivity contribution is 0.0541. The molecule has 4 nitrogen and oxygen atoms in total. The van der Waals surface area contributed by atoms with E-state index in [-0.39, 0.29) is 5.91 Å². The van der Waals surface area contributed by atoms with Crippen LogP contribution in [0.25, 0.3) is 0 Å². The monoisotopic (exact) mass is 186 g/mol. The molecule has 0 spiro atoms. The quantitative estimate of drug-likeness (QED) is 0.702. The van der Waals surface area contributed by atoms with Gasteiger partial charge in [0.2, 0.25) is 0 Å². The van der Waals surface area contributed by atoms with Crippen LogP contribution in [0.4, 0.5) is 0 Å². The van der Waals surface area contributed by atoms with E-state index in [1.807, 2.05) is 6.92 Å². The van der Waals surface area contributed by atoms with E-state index in [1.165, 1.54) is 18.4 Å². The number of nitrogens with one attached hydrogen (secondary N) is 1. The van der Waals surface area contributed by atoms with Crippen molar-refractivity contribution in [1.29, 1.82) is 0 Å². The molecule has 0 fully saturated rings. The topological polar surface area (TPSA) is 51.2 Å². The van der Waals surface area contributed by atoms with E-state index < -0.39 is 0 Å². The fraction of sp³-hybridized carbons (Fsp3) is 0.429. The van der Waals surface area contributed by atoms with Crippen molar-refractivity contribution >= 4 is 17.2 Å². The molecule has 5 heteroatoms. The average Bonchev–Trinajstić information content (AvgIpc) is 2.30. The molecular weight excluding hydrogens is 176 g/mol. The molecular formula is C7H10N2O2S. The number of hydroxylamine groups is 1. The molecule has 0 radical (unpaired) electrons. The van der Waals surface area contributed by atoms with Gasteiger partial charge in [-0.05, 0) is 13.8 Å². The molecule has 1 N–H and O–H groups in total. The number of hydrogen-bond donors (Lipinski definition) is 1. The van der Waals surface area contributed by atoms with E-state index in [4.69, 9.17) is 0 Å². The predicted molar refractivity (Wildman–Crippen MR) is 46.1 cm³/mol. The normalized spacial score (nSPS) is 9.92.